The molecule has 0 saturated carbocycles. The van der Waals surface area contributed by atoms with Crippen LogP contribution in [0.15, 0.2) is 252 Å². The zero-order valence-electron chi connectivity index (χ0n) is 47.9. The van der Waals surface area contributed by atoms with E-state index in [1.54, 1.807) is 6.08 Å². The third-order valence-corrected chi connectivity index (χ3v) is 17.3. The largest absolute Gasteiger partial charge is 0.456 e. The van der Waals surface area contributed by atoms with Crippen molar-refractivity contribution >= 4 is 153 Å². The van der Waals surface area contributed by atoms with Crippen molar-refractivity contribution in [1.82, 2.24) is 0 Å². The Morgan fingerprint density at radius 2 is 0.675 bits per heavy atom. The fraction of sp³-hybridized carbons (Fsp3) is 0.114. The van der Waals surface area contributed by atoms with Crippen molar-refractivity contribution in [3.8, 4) is 0 Å². The Kier molecular flexibility index (Phi) is 11.4. The highest BCUT2D eigenvalue weighted by molar-refractivity contribution is 6.30. The second kappa shape index (κ2) is 18.8. The molecule has 2 heterocycles. The van der Waals surface area contributed by atoms with Gasteiger partial charge in [-0.2, -0.15) is 0 Å². The topological polar surface area (TPSA) is 32.8 Å². The van der Waals surface area contributed by atoms with E-state index in [0.717, 1.165) is 88.8 Å². The zero-order valence-corrected chi connectivity index (χ0v) is 47.9. The summed E-state index contributed by atoms with van der Waals surface area (Å²) < 4.78 is 13.9. The van der Waals surface area contributed by atoms with Crippen molar-refractivity contribution in [2.75, 3.05) is 9.80 Å². The third kappa shape index (κ3) is 8.03. The highest BCUT2D eigenvalue weighted by Crippen LogP contribution is 2.49. The van der Waals surface area contributed by atoms with Gasteiger partial charge in [0, 0.05) is 67.2 Å². The van der Waals surface area contributed by atoms with Crippen LogP contribution in [0.25, 0.3) is 119 Å². The summed E-state index contributed by atoms with van der Waals surface area (Å²) in [4.78, 5) is 4.85. The van der Waals surface area contributed by atoms with Crippen molar-refractivity contribution in [1.29, 1.82) is 0 Å². The molecule has 0 spiro atoms. The number of furan rings is 2. The maximum absolute atomic E-state index is 6.93. The van der Waals surface area contributed by atoms with Gasteiger partial charge in [0.25, 0.3) is 0 Å². The molecule has 16 rings (SSSR count). The lowest BCUT2D eigenvalue weighted by Crippen LogP contribution is -2.14. The molecule has 0 aliphatic carbocycles. The average Bonchev–Trinajstić information content (AvgIpc) is 3.42. The number of anilines is 6. The van der Waals surface area contributed by atoms with Crippen LogP contribution >= 0.6 is 0 Å². The van der Waals surface area contributed by atoms with Gasteiger partial charge in [-0.05, 0) is 178 Å². The molecule has 4 heteroatoms. The van der Waals surface area contributed by atoms with Crippen LogP contribution < -0.4 is 9.80 Å². The van der Waals surface area contributed by atoms with Gasteiger partial charge in [-0.25, -0.2) is 0 Å². The second-order valence-corrected chi connectivity index (χ2v) is 24.5. The molecule has 2 aromatic heterocycles. The van der Waals surface area contributed by atoms with Gasteiger partial charge in [-0.15, -0.1) is 0 Å². The molecule has 4 nitrogen and oxygen atoms in total. The number of fused-ring (bicyclic) bond motifs is 9. The maximum Gasteiger partial charge on any atom is 0.137 e. The van der Waals surface area contributed by atoms with E-state index in [1.165, 1.54) is 75.8 Å². The van der Waals surface area contributed by atoms with E-state index in [0.29, 0.717) is 0 Å². The molecule has 14 aromatic carbocycles. The predicted octanol–water partition coefficient (Wildman–Crippen LogP) is 23.7. The van der Waals surface area contributed by atoms with Crippen LogP contribution in [0.3, 0.4) is 0 Å². The molecule has 0 bridgehead atoms. The van der Waals surface area contributed by atoms with E-state index in [2.05, 4.69) is 276 Å². The summed E-state index contributed by atoms with van der Waals surface area (Å²) in [5, 5.41) is 21.8. The van der Waals surface area contributed by atoms with Gasteiger partial charge >= 0.3 is 0 Å². The molecule has 0 N–H and O–H groups in total. The lowest BCUT2D eigenvalue weighted by Gasteiger charge is -2.29. The molecule has 0 aliphatic heterocycles. The van der Waals surface area contributed by atoms with E-state index in [1.807, 2.05) is 19.1 Å². The van der Waals surface area contributed by atoms with Gasteiger partial charge in [-0.1, -0.05) is 188 Å². The normalized spacial score (nSPS) is 12.5. The smallest absolute Gasteiger partial charge is 0.137 e. The molecule has 0 amide bonds. The first kappa shape index (κ1) is 50.1. The van der Waals surface area contributed by atoms with Crippen molar-refractivity contribution in [3.63, 3.8) is 0 Å². The summed E-state index contributed by atoms with van der Waals surface area (Å²) in [6.07, 6.45) is 5.58. The number of hydrogen-bond acceptors (Lipinski definition) is 4. The first-order valence-electron chi connectivity index (χ1n) is 29.0. The summed E-state index contributed by atoms with van der Waals surface area (Å²) in [7, 11) is 0. The van der Waals surface area contributed by atoms with E-state index < -0.39 is 0 Å². The van der Waals surface area contributed by atoms with Crippen molar-refractivity contribution in [2.45, 2.75) is 59.3 Å². The Morgan fingerprint density at radius 3 is 1.06 bits per heavy atom. The fourth-order valence-electron chi connectivity index (χ4n) is 13.3. The first-order valence-corrected chi connectivity index (χ1v) is 29.0. The molecule has 0 saturated heterocycles. The highest BCUT2D eigenvalue weighted by Gasteiger charge is 2.26. The number of rotatable bonds is 7. The number of benzene rings is 14. The zero-order chi connectivity index (χ0) is 56.5. The molecule has 0 fully saturated rings. The second-order valence-electron chi connectivity index (χ2n) is 24.5. The summed E-state index contributed by atoms with van der Waals surface area (Å²) in [5.74, 6) is 0. The van der Waals surface area contributed by atoms with Gasteiger partial charge in [0.1, 0.15) is 22.3 Å². The minimum Gasteiger partial charge on any atom is -0.456 e. The van der Waals surface area contributed by atoms with Crippen LogP contribution in [0.4, 0.5) is 34.1 Å². The van der Waals surface area contributed by atoms with Gasteiger partial charge in [0.15, 0.2) is 0 Å². The molecule has 83 heavy (non-hydrogen) atoms. The minimum absolute atomic E-state index is 0.0345. The Bertz CT molecular complexity index is 4930. The molecular weight excluding hydrogens is 1010 g/mol. The lowest BCUT2D eigenvalue weighted by atomic mass is 9.86. The van der Waals surface area contributed by atoms with E-state index in [4.69, 9.17) is 8.83 Å². The van der Waals surface area contributed by atoms with Crippen LogP contribution in [-0.4, -0.2) is 0 Å². The first-order chi connectivity index (χ1) is 40.3. The SMILES string of the molecule is C=C/C=C/C.CC(C)(C)c1cccc(N(c2ccc3c(c2)oc2ccc4c(ccc5oc6cc(N(c7cccc(C(C)(C)C)c7)c7ccc8ccc9cccc%10ccc7c8c9%10)ccc6c54)c23)c2ccc3ccc4cccc5ccc2c3c45)c1. The van der Waals surface area contributed by atoms with Crippen molar-refractivity contribution < 1.29 is 8.83 Å². The number of hydrogen-bond donors (Lipinski definition) is 0. The van der Waals surface area contributed by atoms with Crippen LogP contribution in [0.1, 0.15) is 59.6 Å². The molecule has 0 radical (unpaired) electrons. The van der Waals surface area contributed by atoms with Crippen LogP contribution in [-0.2, 0) is 10.8 Å². The quantitative estimate of drug-likeness (QED) is 0.118. The van der Waals surface area contributed by atoms with E-state index >= 15 is 0 Å². The molecule has 0 aliphatic rings. The molecule has 0 atom stereocenters. The highest BCUT2D eigenvalue weighted by atomic mass is 16.3. The summed E-state index contributed by atoms with van der Waals surface area (Å²) in [5.41, 5.74) is 12.4. The van der Waals surface area contributed by atoms with Crippen molar-refractivity contribution in [3.05, 3.63) is 254 Å². The van der Waals surface area contributed by atoms with Crippen molar-refractivity contribution in [2.24, 2.45) is 0 Å². The Morgan fingerprint density at radius 1 is 0.325 bits per heavy atom. The van der Waals surface area contributed by atoms with Gasteiger partial charge < -0.3 is 18.6 Å². The number of allylic oxidation sites excluding steroid dienone is 3. The predicted molar refractivity (Wildman–Crippen MR) is 358 cm³/mol. The van der Waals surface area contributed by atoms with Gasteiger partial charge in [-0.3, -0.25) is 0 Å². The maximum atomic E-state index is 6.93. The fourth-order valence-corrected chi connectivity index (χ4v) is 13.3. The summed E-state index contributed by atoms with van der Waals surface area (Å²) in [6.45, 7) is 19.1. The minimum atomic E-state index is -0.0345. The Balaban J connectivity index is 0.00000113. The Labute approximate surface area is 483 Å². The van der Waals surface area contributed by atoms with Crippen LogP contribution in [0, 0.1) is 0 Å². The van der Waals surface area contributed by atoms with Gasteiger partial charge in [0.2, 0.25) is 0 Å². The lowest BCUT2D eigenvalue weighted by molar-refractivity contribution is 0.590. The average molecular weight is 1070 g/mol. The molecule has 0 unspecified atom stereocenters. The third-order valence-electron chi connectivity index (χ3n) is 17.3. The Hall–Kier alpha value is -9.90. The van der Waals surface area contributed by atoms with Gasteiger partial charge in [0.05, 0.1) is 11.4 Å². The molecular formula is C79H62N2O2. The summed E-state index contributed by atoms with van der Waals surface area (Å²) in [6, 6.07) is 80.9. The molecule has 16 aromatic rings. The molecule has 400 valence electrons. The van der Waals surface area contributed by atoms with E-state index in [9.17, 15) is 0 Å². The number of nitrogens with zero attached hydrogens (tertiary/aromatic N) is 2. The van der Waals surface area contributed by atoms with Crippen LogP contribution in [0.5, 0.6) is 0 Å². The summed E-state index contributed by atoms with van der Waals surface area (Å²) >= 11 is 0. The monoisotopic (exact) mass is 1070 g/mol. The van der Waals surface area contributed by atoms with E-state index in [-0.39, 0.29) is 10.8 Å². The standard InChI is InChI=1S/C74H54N2O2.C5H8/c1-73(2,3)49-15-9-17-51(39-49)75(61-35-25-47-21-19-43-11-7-13-45-23-29-57(61)69(47)67(43)45)53-27-31-59-65(41-53)77-63-37-33-56-55(71(59)63)34-38-64-72(56)60-32-28-54(42-66(60)78-64)76(52-18-10-16-50(40-52)74(4,5)6)62-36-26-48-22-20-44-12-8-14-46-24-30-58(62)70(48)68(44)46;1-3-5-4-2/h7-42H,1-6H3;3-5H,1H2,2H3/b;5-4+. The van der Waals surface area contributed by atoms with Crippen LogP contribution in [0.2, 0.25) is 0 Å².